The molecule has 90 valence electrons. The second-order valence-electron chi connectivity index (χ2n) is 4.17. The van der Waals surface area contributed by atoms with E-state index in [0.29, 0.717) is 6.42 Å². The zero-order chi connectivity index (χ0) is 11.7. The van der Waals surface area contributed by atoms with Crippen LogP contribution in [-0.4, -0.2) is 20.7 Å². The van der Waals surface area contributed by atoms with Gasteiger partial charge >= 0.3 is 0 Å². The minimum atomic E-state index is -1.51. The van der Waals surface area contributed by atoms with Gasteiger partial charge in [0.1, 0.15) is 6.29 Å². The van der Waals surface area contributed by atoms with Gasteiger partial charge in [0, 0.05) is 6.42 Å². The highest BCUT2D eigenvalue weighted by Gasteiger charge is 2.31. The summed E-state index contributed by atoms with van der Waals surface area (Å²) in [5, 5.41) is 0. The van der Waals surface area contributed by atoms with E-state index in [9.17, 15) is 4.79 Å². The van der Waals surface area contributed by atoms with Crippen molar-refractivity contribution in [1.29, 1.82) is 0 Å². The summed E-state index contributed by atoms with van der Waals surface area (Å²) >= 11 is 0. The van der Waals surface area contributed by atoms with E-state index in [1.807, 2.05) is 0 Å². The predicted octanol–water partition coefficient (Wildman–Crippen LogP) is 3.77. The summed E-state index contributed by atoms with van der Waals surface area (Å²) in [6.07, 6.45) is 3.87. The molecule has 0 aliphatic heterocycles. The smallest absolute Gasteiger partial charge is 0.192 e. The van der Waals surface area contributed by atoms with Gasteiger partial charge in [-0.1, -0.05) is 34.1 Å². The van der Waals surface area contributed by atoms with Crippen LogP contribution in [0.3, 0.4) is 0 Å². The van der Waals surface area contributed by atoms with Crippen LogP contribution < -0.4 is 0 Å². The van der Waals surface area contributed by atoms with E-state index in [2.05, 4.69) is 27.7 Å². The Morgan fingerprint density at radius 2 is 1.67 bits per heavy atom. The Labute approximate surface area is 95.5 Å². The van der Waals surface area contributed by atoms with Crippen molar-refractivity contribution in [3.05, 3.63) is 0 Å². The summed E-state index contributed by atoms with van der Waals surface area (Å²) in [6.45, 7) is 8.82. The Balaban J connectivity index is 4.37. The zero-order valence-electron chi connectivity index (χ0n) is 10.7. The monoisotopic (exact) mass is 230 g/mol. The van der Waals surface area contributed by atoms with Crippen LogP contribution in [0, 0.1) is 0 Å². The van der Waals surface area contributed by atoms with Gasteiger partial charge in [0.25, 0.3) is 0 Å². The first kappa shape index (κ1) is 14.8. The summed E-state index contributed by atoms with van der Waals surface area (Å²) in [5.41, 5.74) is 0. The van der Waals surface area contributed by atoms with Crippen LogP contribution in [0.15, 0.2) is 0 Å². The third kappa shape index (κ3) is 4.93. The fourth-order valence-corrected chi connectivity index (χ4v) is 4.93. The molecule has 0 N–H and O–H groups in total. The molecule has 0 aromatic heterocycles. The van der Waals surface area contributed by atoms with E-state index < -0.39 is 8.32 Å². The van der Waals surface area contributed by atoms with E-state index in [-0.39, 0.29) is 6.10 Å². The molecular formula is C12H26O2Si. The molecule has 0 heterocycles. The van der Waals surface area contributed by atoms with Crippen molar-refractivity contribution < 1.29 is 9.22 Å². The first-order chi connectivity index (χ1) is 7.17. The van der Waals surface area contributed by atoms with Crippen molar-refractivity contribution in [2.24, 2.45) is 0 Å². The van der Waals surface area contributed by atoms with Crippen LogP contribution in [-0.2, 0) is 9.22 Å². The Bertz CT molecular complexity index is 159. The second-order valence-corrected chi connectivity index (χ2v) is 8.90. The Kier molecular flexibility index (Phi) is 7.97. The first-order valence-corrected chi connectivity index (χ1v) is 8.82. The summed E-state index contributed by atoms with van der Waals surface area (Å²) in [7, 11) is -1.51. The molecule has 0 fully saturated rings. The molecular weight excluding hydrogens is 204 g/mol. The molecule has 0 radical (unpaired) electrons. The van der Waals surface area contributed by atoms with E-state index in [1.54, 1.807) is 0 Å². The number of carbonyl (C=O) groups is 1. The molecule has 0 spiro atoms. The standard InChI is InChI=1S/C12H26O2Si/c1-5-9-12(10-11-13)14-15(6-2,7-3)8-4/h11-12H,5-10H2,1-4H3/t12-/m0/s1. The largest absolute Gasteiger partial charge is 0.414 e. The van der Waals surface area contributed by atoms with E-state index >= 15 is 0 Å². The Morgan fingerprint density at radius 1 is 1.13 bits per heavy atom. The lowest BCUT2D eigenvalue weighted by atomic mass is 10.2. The van der Waals surface area contributed by atoms with Gasteiger partial charge in [0.15, 0.2) is 8.32 Å². The number of carbonyl (C=O) groups excluding carboxylic acids is 1. The maximum atomic E-state index is 10.6. The van der Waals surface area contributed by atoms with Crippen LogP contribution in [0.25, 0.3) is 0 Å². The van der Waals surface area contributed by atoms with Crippen molar-refractivity contribution >= 4 is 14.6 Å². The molecule has 0 aliphatic rings. The molecule has 0 saturated carbocycles. The molecule has 1 atom stereocenters. The molecule has 0 unspecified atom stereocenters. The third-order valence-corrected chi connectivity index (χ3v) is 8.02. The minimum Gasteiger partial charge on any atom is -0.414 e. The summed E-state index contributed by atoms with van der Waals surface area (Å²) < 4.78 is 6.27. The molecule has 0 amide bonds. The number of hydrogen-bond donors (Lipinski definition) is 0. The normalized spacial score (nSPS) is 13.9. The maximum absolute atomic E-state index is 10.6. The van der Waals surface area contributed by atoms with Gasteiger partial charge in [-0.25, -0.2) is 0 Å². The lowest BCUT2D eigenvalue weighted by molar-refractivity contribution is -0.109. The average Bonchev–Trinajstić information content (AvgIpc) is 2.27. The topological polar surface area (TPSA) is 26.3 Å². The van der Waals surface area contributed by atoms with Crippen LogP contribution in [0.1, 0.15) is 47.0 Å². The fraction of sp³-hybridized carbons (Fsp3) is 0.917. The molecule has 0 saturated heterocycles. The quantitative estimate of drug-likeness (QED) is 0.445. The first-order valence-electron chi connectivity index (χ1n) is 6.29. The molecule has 2 nitrogen and oxygen atoms in total. The molecule has 0 rings (SSSR count). The Morgan fingerprint density at radius 3 is 2.00 bits per heavy atom. The predicted molar refractivity (Wildman–Crippen MR) is 67.7 cm³/mol. The average molecular weight is 230 g/mol. The van der Waals surface area contributed by atoms with Crippen molar-refractivity contribution in [3.8, 4) is 0 Å². The highest BCUT2D eigenvalue weighted by molar-refractivity contribution is 6.73. The fourth-order valence-electron chi connectivity index (χ4n) is 2.01. The van der Waals surface area contributed by atoms with Crippen molar-refractivity contribution in [2.45, 2.75) is 71.2 Å². The zero-order valence-corrected chi connectivity index (χ0v) is 11.7. The van der Waals surface area contributed by atoms with Crippen molar-refractivity contribution in [1.82, 2.24) is 0 Å². The van der Waals surface area contributed by atoms with Gasteiger partial charge in [-0.3, -0.25) is 0 Å². The van der Waals surface area contributed by atoms with Crippen LogP contribution in [0.2, 0.25) is 18.1 Å². The van der Waals surface area contributed by atoms with E-state index in [1.165, 1.54) is 18.1 Å². The van der Waals surface area contributed by atoms with Gasteiger partial charge in [-0.05, 0) is 24.6 Å². The number of hydrogen-bond acceptors (Lipinski definition) is 2. The van der Waals surface area contributed by atoms with Gasteiger partial charge < -0.3 is 9.22 Å². The summed E-state index contributed by atoms with van der Waals surface area (Å²) in [6, 6.07) is 3.50. The minimum absolute atomic E-state index is 0.180. The molecule has 0 aromatic carbocycles. The summed E-state index contributed by atoms with van der Waals surface area (Å²) in [5.74, 6) is 0. The van der Waals surface area contributed by atoms with Gasteiger partial charge in [0.2, 0.25) is 0 Å². The van der Waals surface area contributed by atoms with Crippen LogP contribution in [0.5, 0.6) is 0 Å². The molecule has 15 heavy (non-hydrogen) atoms. The third-order valence-electron chi connectivity index (χ3n) is 3.32. The molecule has 0 aliphatic carbocycles. The van der Waals surface area contributed by atoms with Gasteiger partial charge in [-0.2, -0.15) is 0 Å². The SMILES string of the molecule is CCC[C@@H](CC=O)O[Si](CC)(CC)CC. The molecule has 3 heteroatoms. The Hall–Kier alpha value is -0.153. The highest BCUT2D eigenvalue weighted by Crippen LogP contribution is 2.25. The molecule has 0 aromatic rings. The van der Waals surface area contributed by atoms with Crippen molar-refractivity contribution in [2.75, 3.05) is 0 Å². The second kappa shape index (κ2) is 8.05. The summed E-state index contributed by atoms with van der Waals surface area (Å²) in [4.78, 5) is 10.6. The maximum Gasteiger partial charge on any atom is 0.192 e. The highest BCUT2D eigenvalue weighted by atomic mass is 28.4. The van der Waals surface area contributed by atoms with Crippen LogP contribution in [0.4, 0.5) is 0 Å². The van der Waals surface area contributed by atoms with Crippen LogP contribution >= 0.6 is 0 Å². The van der Waals surface area contributed by atoms with E-state index in [4.69, 9.17) is 4.43 Å². The number of aldehydes is 1. The number of rotatable bonds is 9. The van der Waals surface area contributed by atoms with Gasteiger partial charge in [-0.15, -0.1) is 0 Å². The van der Waals surface area contributed by atoms with Gasteiger partial charge in [0.05, 0.1) is 6.10 Å². The van der Waals surface area contributed by atoms with Crippen molar-refractivity contribution in [3.63, 3.8) is 0 Å². The lowest BCUT2D eigenvalue weighted by Gasteiger charge is -2.32. The molecule has 0 bridgehead atoms. The van der Waals surface area contributed by atoms with E-state index in [0.717, 1.165) is 19.1 Å². The lowest BCUT2D eigenvalue weighted by Crippen LogP contribution is -2.40.